The topological polar surface area (TPSA) is 40.5 Å². The minimum Gasteiger partial charge on any atom is -0.481 e. The maximum Gasteiger partial charge on any atom is 0.307 e. The number of rotatable bonds is 3. The molecule has 1 aromatic rings. The Balaban J connectivity index is 2.11. The van der Waals surface area contributed by atoms with E-state index in [2.05, 4.69) is 18.7 Å². The smallest absolute Gasteiger partial charge is 0.307 e. The van der Waals surface area contributed by atoms with Crippen molar-refractivity contribution in [3.8, 4) is 0 Å². The van der Waals surface area contributed by atoms with Crippen molar-refractivity contribution >= 4 is 17.6 Å². The average Bonchev–Trinajstić information content (AvgIpc) is 2.38. The number of piperidine rings is 1. The number of hydrogen-bond donors (Lipinski definition) is 1. The number of carboxylic acid groups (broad SMARTS) is 1. The van der Waals surface area contributed by atoms with Crippen LogP contribution in [0.2, 0.25) is 5.02 Å². The molecule has 3 nitrogen and oxygen atoms in total. The minimum absolute atomic E-state index is 0.224. The number of halogens is 1. The number of aliphatic carboxylic acids is 1. The van der Waals surface area contributed by atoms with Crippen molar-refractivity contribution in [1.82, 2.24) is 4.90 Å². The molecule has 1 saturated heterocycles. The van der Waals surface area contributed by atoms with Gasteiger partial charge in [0.1, 0.15) is 0 Å². The molecule has 0 aliphatic carbocycles. The van der Waals surface area contributed by atoms with Crippen molar-refractivity contribution in [1.29, 1.82) is 0 Å². The van der Waals surface area contributed by atoms with E-state index in [-0.39, 0.29) is 12.0 Å². The fourth-order valence-electron chi connectivity index (χ4n) is 2.84. The molecule has 4 heteroatoms. The summed E-state index contributed by atoms with van der Waals surface area (Å²) in [5, 5.41) is 9.95. The molecular formula is C15H20ClNO2. The van der Waals surface area contributed by atoms with Crippen LogP contribution in [0.1, 0.15) is 31.9 Å². The van der Waals surface area contributed by atoms with Gasteiger partial charge >= 0.3 is 5.97 Å². The summed E-state index contributed by atoms with van der Waals surface area (Å²) in [7, 11) is 0. The Morgan fingerprint density at radius 3 is 2.58 bits per heavy atom. The SMILES string of the molecule is CC1CC(C(=O)O)CN(C(C)c2ccc(Cl)cc2)C1. The molecule has 1 fully saturated rings. The van der Waals surface area contributed by atoms with Gasteiger partial charge in [0.05, 0.1) is 5.92 Å². The number of likely N-dealkylation sites (tertiary alicyclic amines) is 1. The first kappa shape index (κ1) is 14.4. The predicted octanol–water partition coefficient (Wildman–Crippen LogP) is 3.44. The molecule has 3 unspecified atom stereocenters. The van der Waals surface area contributed by atoms with E-state index in [1.807, 2.05) is 24.3 Å². The molecule has 0 bridgehead atoms. The summed E-state index contributed by atoms with van der Waals surface area (Å²) in [6.07, 6.45) is 0.777. The van der Waals surface area contributed by atoms with Crippen molar-refractivity contribution in [2.75, 3.05) is 13.1 Å². The quantitative estimate of drug-likeness (QED) is 0.923. The number of hydrogen-bond acceptors (Lipinski definition) is 2. The van der Waals surface area contributed by atoms with E-state index in [4.69, 9.17) is 11.6 Å². The first-order valence-corrected chi connectivity index (χ1v) is 7.07. The molecule has 1 aromatic carbocycles. The molecule has 1 aliphatic heterocycles. The largest absolute Gasteiger partial charge is 0.481 e. The lowest BCUT2D eigenvalue weighted by molar-refractivity contribution is -0.144. The number of carbonyl (C=O) groups is 1. The zero-order chi connectivity index (χ0) is 14.0. The summed E-state index contributed by atoms with van der Waals surface area (Å²) in [4.78, 5) is 13.5. The van der Waals surface area contributed by atoms with E-state index in [0.29, 0.717) is 12.5 Å². The van der Waals surface area contributed by atoms with Crippen LogP contribution in [0, 0.1) is 11.8 Å². The summed E-state index contributed by atoms with van der Waals surface area (Å²) in [6, 6.07) is 8.02. The Bertz CT molecular complexity index is 446. The van der Waals surface area contributed by atoms with Crippen LogP contribution < -0.4 is 0 Å². The summed E-state index contributed by atoms with van der Waals surface area (Å²) < 4.78 is 0. The fourth-order valence-corrected chi connectivity index (χ4v) is 2.97. The zero-order valence-corrected chi connectivity index (χ0v) is 12.1. The molecule has 19 heavy (non-hydrogen) atoms. The van der Waals surface area contributed by atoms with Gasteiger partial charge in [0.2, 0.25) is 0 Å². The van der Waals surface area contributed by atoms with Gasteiger partial charge in [-0.15, -0.1) is 0 Å². The maximum atomic E-state index is 11.2. The zero-order valence-electron chi connectivity index (χ0n) is 11.3. The molecule has 0 aromatic heterocycles. The van der Waals surface area contributed by atoms with E-state index in [9.17, 15) is 9.90 Å². The van der Waals surface area contributed by atoms with Gasteiger partial charge in [-0.25, -0.2) is 0 Å². The standard InChI is InChI=1S/C15H20ClNO2/c1-10-7-13(15(18)19)9-17(8-10)11(2)12-3-5-14(16)6-4-12/h3-6,10-11,13H,7-9H2,1-2H3,(H,18,19). The minimum atomic E-state index is -0.681. The highest BCUT2D eigenvalue weighted by atomic mass is 35.5. The van der Waals surface area contributed by atoms with E-state index >= 15 is 0 Å². The van der Waals surface area contributed by atoms with Crippen molar-refractivity contribution in [2.24, 2.45) is 11.8 Å². The van der Waals surface area contributed by atoms with Gasteiger partial charge in [-0.2, -0.15) is 0 Å². The van der Waals surface area contributed by atoms with Crippen LogP contribution >= 0.6 is 11.6 Å². The number of benzene rings is 1. The van der Waals surface area contributed by atoms with Crippen LogP contribution in [0.3, 0.4) is 0 Å². The maximum absolute atomic E-state index is 11.2. The molecule has 2 rings (SSSR count). The molecule has 1 heterocycles. The second-order valence-electron chi connectivity index (χ2n) is 5.56. The van der Waals surface area contributed by atoms with Crippen molar-refractivity contribution in [3.05, 3.63) is 34.9 Å². The normalized spacial score (nSPS) is 26.1. The second kappa shape index (κ2) is 5.93. The Labute approximate surface area is 119 Å². The summed E-state index contributed by atoms with van der Waals surface area (Å²) in [5.74, 6) is -0.511. The molecule has 3 atom stereocenters. The Hall–Kier alpha value is -1.06. The lowest BCUT2D eigenvalue weighted by Gasteiger charge is -2.38. The second-order valence-corrected chi connectivity index (χ2v) is 5.99. The fraction of sp³-hybridized carbons (Fsp3) is 0.533. The molecular weight excluding hydrogens is 262 g/mol. The summed E-state index contributed by atoms with van der Waals surface area (Å²) in [6.45, 7) is 5.83. The van der Waals surface area contributed by atoms with Gasteiger partial charge < -0.3 is 5.11 Å². The molecule has 104 valence electrons. The van der Waals surface area contributed by atoms with Crippen LogP contribution in [0.4, 0.5) is 0 Å². The number of carboxylic acids is 1. The van der Waals surface area contributed by atoms with Crippen LogP contribution in [0.15, 0.2) is 24.3 Å². The summed E-state index contributed by atoms with van der Waals surface area (Å²) >= 11 is 5.90. The molecule has 1 aliphatic rings. The van der Waals surface area contributed by atoms with Gasteiger partial charge in [0.15, 0.2) is 0 Å². The van der Waals surface area contributed by atoms with Crippen LogP contribution in [0.5, 0.6) is 0 Å². The van der Waals surface area contributed by atoms with Gasteiger partial charge in [-0.1, -0.05) is 30.7 Å². The highest BCUT2D eigenvalue weighted by Gasteiger charge is 2.31. The molecule has 0 radical (unpaired) electrons. The van der Waals surface area contributed by atoms with Crippen LogP contribution in [-0.2, 0) is 4.79 Å². The average molecular weight is 282 g/mol. The first-order chi connectivity index (χ1) is 8.97. The Morgan fingerprint density at radius 2 is 2.00 bits per heavy atom. The van der Waals surface area contributed by atoms with E-state index in [0.717, 1.165) is 18.0 Å². The Morgan fingerprint density at radius 1 is 1.37 bits per heavy atom. The van der Waals surface area contributed by atoms with Crippen LogP contribution in [0.25, 0.3) is 0 Å². The third-order valence-electron chi connectivity index (χ3n) is 3.94. The van der Waals surface area contributed by atoms with E-state index in [1.54, 1.807) is 0 Å². The third-order valence-corrected chi connectivity index (χ3v) is 4.19. The van der Waals surface area contributed by atoms with Crippen molar-refractivity contribution in [2.45, 2.75) is 26.3 Å². The van der Waals surface area contributed by atoms with Gasteiger partial charge in [0.25, 0.3) is 0 Å². The molecule has 0 amide bonds. The van der Waals surface area contributed by atoms with Crippen molar-refractivity contribution < 1.29 is 9.90 Å². The molecule has 0 saturated carbocycles. The highest BCUT2D eigenvalue weighted by molar-refractivity contribution is 6.30. The van der Waals surface area contributed by atoms with E-state index in [1.165, 1.54) is 5.56 Å². The molecule has 0 spiro atoms. The monoisotopic (exact) mass is 281 g/mol. The predicted molar refractivity (Wildman–Crippen MR) is 76.3 cm³/mol. The number of nitrogens with zero attached hydrogens (tertiary/aromatic N) is 1. The van der Waals surface area contributed by atoms with Crippen LogP contribution in [-0.4, -0.2) is 29.1 Å². The lowest BCUT2D eigenvalue weighted by atomic mass is 9.89. The lowest BCUT2D eigenvalue weighted by Crippen LogP contribution is -2.43. The van der Waals surface area contributed by atoms with Gasteiger partial charge in [0, 0.05) is 24.2 Å². The van der Waals surface area contributed by atoms with E-state index < -0.39 is 5.97 Å². The highest BCUT2D eigenvalue weighted by Crippen LogP contribution is 2.29. The van der Waals surface area contributed by atoms with Crippen molar-refractivity contribution in [3.63, 3.8) is 0 Å². The first-order valence-electron chi connectivity index (χ1n) is 6.69. The Kier molecular flexibility index (Phi) is 4.48. The molecule has 1 N–H and O–H groups in total. The third kappa shape index (κ3) is 3.48. The van der Waals surface area contributed by atoms with Gasteiger partial charge in [-0.3, -0.25) is 9.69 Å². The summed E-state index contributed by atoms with van der Waals surface area (Å²) in [5.41, 5.74) is 1.18. The van der Waals surface area contributed by atoms with Gasteiger partial charge in [-0.05, 0) is 37.0 Å².